The van der Waals surface area contributed by atoms with Crippen molar-refractivity contribution in [3.05, 3.63) is 65.5 Å². The van der Waals surface area contributed by atoms with Crippen molar-refractivity contribution in [3.8, 4) is 0 Å². The SMILES string of the molecule is CCCc1cccc(C(O)Cc2ccncc2)c1. The highest BCUT2D eigenvalue weighted by molar-refractivity contribution is 5.26. The average molecular weight is 241 g/mol. The largest absolute Gasteiger partial charge is 0.388 e. The number of aryl methyl sites for hydroxylation is 1. The van der Waals surface area contributed by atoms with Gasteiger partial charge in [0.25, 0.3) is 0 Å². The lowest BCUT2D eigenvalue weighted by atomic mass is 9.99. The number of pyridine rings is 1. The van der Waals surface area contributed by atoms with Gasteiger partial charge in [0.1, 0.15) is 0 Å². The maximum atomic E-state index is 10.2. The molecule has 0 radical (unpaired) electrons. The van der Waals surface area contributed by atoms with Crippen LogP contribution in [0.3, 0.4) is 0 Å². The standard InChI is InChI=1S/C16H19NO/c1-2-4-13-5-3-6-15(11-13)16(18)12-14-7-9-17-10-8-14/h3,5-11,16,18H,2,4,12H2,1H3. The summed E-state index contributed by atoms with van der Waals surface area (Å²) in [5.74, 6) is 0. The third-order valence-electron chi connectivity index (χ3n) is 3.05. The Hall–Kier alpha value is -1.67. The molecule has 2 rings (SSSR count). The lowest BCUT2D eigenvalue weighted by Crippen LogP contribution is -2.02. The van der Waals surface area contributed by atoms with Crippen LogP contribution >= 0.6 is 0 Å². The summed E-state index contributed by atoms with van der Waals surface area (Å²) in [7, 11) is 0. The van der Waals surface area contributed by atoms with Gasteiger partial charge in [0.2, 0.25) is 0 Å². The van der Waals surface area contributed by atoms with E-state index in [0.717, 1.165) is 24.0 Å². The zero-order valence-corrected chi connectivity index (χ0v) is 10.7. The van der Waals surface area contributed by atoms with Gasteiger partial charge in [-0.2, -0.15) is 0 Å². The van der Waals surface area contributed by atoms with E-state index in [-0.39, 0.29) is 0 Å². The van der Waals surface area contributed by atoms with Crippen LogP contribution in [0, 0.1) is 0 Å². The van der Waals surface area contributed by atoms with Crippen LogP contribution in [-0.2, 0) is 12.8 Å². The fourth-order valence-electron chi connectivity index (χ4n) is 2.10. The molecule has 1 heterocycles. The first kappa shape index (κ1) is 12.8. The first-order valence-electron chi connectivity index (χ1n) is 6.45. The summed E-state index contributed by atoms with van der Waals surface area (Å²) in [6.45, 7) is 2.17. The predicted molar refractivity (Wildman–Crippen MR) is 73.3 cm³/mol. The molecule has 1 N–H and O–H groups in total. The molecular formula is C16H19NO. The van der Waals surface area contributed by atoms with E-state index in [2.05, 4.69) is 24.0 Å². The van der Waals surface area contributed by atoms with Gasteiger partial charge in [-0.25, -0.2) is 0 Å². The van der Waals surface area contributed by atoms with Crippen molar-refractivity contribution < 1.29 is 5.11 Å². The molecule has 0 spiro atoms. The van der Waals surface area contributed by atoms with E-state index in [1.165, 1.54) is 5.56 Å². The molecule has 2 nitrogen and oxygen atoms in total. The molecule has 0 saturated carbocycles. The highest BCUT2D eigenvalue weighted by Crippen LogP contribution is 2.19. The van der Waals surface area contributed by atoms with Crippen LogP contribution in [0.1, 0.15) is 36.1 Å². The molecule has 0 aliphatic carbocycles. The normalized spacial score (nSPS) is 12.3. The molecular weight excluding hydrogens is 222 g/mol. The summed E-state index contributed by atoms with van der Waals surface area (Å²) in [5.41, 5.74) is 3.40. The third kappa shape index (κ3) is 3.41. The zero-order chi connectivity index (χ0) is 12.8. The molecule has 1 atom stereocenters. The monoisotopic (exact) mass is 241 g/mol. The summed E-state index contributed by atoms with van der Waals surface area (Å²) in [4.78, 5) is 3.98. The first-order valence-corrected chi connectivity index (χ1v) is 6.45. The number of hydrogen-bond donors (Lipinski definition) is 1. The Morgan fingerprint density at radius 1 is 1.11 bits per heavy atom. The van der Waals surface area contributed by atoms with Crippen LogP contribution in [0.15, 0.2) is 48.8 Å². The van der Waals surface area contributed by atoms with Gasteiger partial charge in [-0.1, -0.05) is 37.6 Å². The van der Waals surface area contributed by atoms with Crippen LogP contribution < -0.4 is 0 Å². The molecule has 2 heteroatoms. The van der Waals surface area contributed by atoms with E-state index in [1.807, 2.05) is 24.3 Å². The number of rotatable bonds is 5. The average Bonchev–Trinajstić information content (AvgIpc) is 2.40. The minimum Gasteiger partial charge on any atom is -0.388 e. The van der Waals surface area contributed by atoms with E-state index in [0.29, 0.717) is 6.42 Å². The van der Waals surface area contributed by atoms with Crippen molar-refractivity contribution in [2.24, 2.45) is 0 Å². The molecule has 1 aromatic heterocycles. The maximum Gasteiger partial charge on any atom is 0.0830 e. The first-order chi connectivity index (χ1) is 8.79. The lowest BCUT2D eigenvalue weighted by molar-refractivity contribution is 0.178. The summed E-state index contributed by atoms with van der Waals surface area (Å²) >= 11 is 0. The Kier molecular flexibility index (Phi) is 4.48. The lowest BCUT2D eigenvalue weighted by Gasteiger charge is -2.12. The van der Waals surface area contributed by atoms with Gasteiger partial charge in [-0.05, 0) is 35.2 Å². The maximum absolute atomic E-state index is 10.2. The second kappa shape index (κ2) is 6.31. The Labute approximate surface area is 108 Å². The van der Waals surface area contributed by atoms with Gasteiger partial charge in [-0.15, -0.1) is 0 Å². The Bertz CT molecular complexity index is 481. The smallest absolute Gasteiger partial charge is 0.0830 e. The molecule has 0 aliphatic heterocycles. The molecule has 18 heavy (non-hydrogen) atoms. The van der Waals surface area contributed by atoms with Gasteiger partial charge in [-0.3, -0.25) is 4.98 Å². The molecule has 2 aromatic rings. The van der Waals surface area contributed by atoms with E-state index in [9.17, 15) is 5.11 Å². The van der Waals surface area contributed by atoms with Crippen LogP contribution in [0.25, 0.3) is 0 Å². The van der Waals surface area contributed by atoms with Crippen LogP contribution in [0.4, 0.5) is 0 Å². The second-order valence-corrected chi connectivity index (χ2v) is 4.57. The topological polar surface area (TPSA) is 33.1 Å². The van der Waals surface area contributed by atoms with Gasteiger partial charge < -0.3 is 5.11 Å². The summed E-state index contributed by atoms with van der Waals surface area (Å²) < 4.78 is 0. The Morgan fingerprint density at radius 2 is 1.89 bits per heavy atom. The molecule has 0 aliphatic rings. The number of aliphatic hydroxyl groups excluding tert-OH is 1. The molecule has 0 fully saturated rings. The van der Waals surface area contributed by atoms with Crippen LogP contribution in [0.5, 0.6) is 0 Å². The number of benzene rings is 1. The van der Waals surface area contributed by atoms with Crippen molar-refractivity contribution in [1.82, 2.24) is 4.98 Å². The molecule has 1 aromatic carbocycles. The molecule has 0 saturated heterocycles. The molecule has 0 amide bonds. The van der Waals surface area contributed by atoms with Crippen molar-refractivity contribution in [3.63, 3.8) is 0 Å². The number of aromatic nitrogens is 1. The van der Waals surface area contributed by atoms with Crippen molar-refractivity contribution in [1.29, 1.82) is 0 Å². The van der Waals surface area contributed by atoms with Gasteiger partial charge in [0.15, 0.2) is 0 Å². The van der Waals surface area contributed by atoms with Gasteiger partial charge in [0.05, 0.1) is 6.10 Å². The second-order valence-electron chi connectivity index (χ2n) is 4.57. The minimum absolute atomic E-state index is 0.441. The van der Waals surface area contributed by atoms with Crippen molar-refractivity contribution in [2.75, 3.05) is 0 Å². The van der Waals surface area contributed by atoms with Gasteiger partial charge in [0, 0.05) is 18.8 Å². The Morgan fingerprint density at radius 3 is 2.61 bits per heavy atom. The van der Waals surface area contributed by atoms with Crippen LogP contribution in [-0.4, -0.2) is 10.1 Å². The highest BCUT2D eigenvalue weighted by atomic mass is 16.3. The fraction of sp³-hybridized carbons (Fsp3) is 0.312. The van der Waals surface area contributed by atoms with E-state index in [4.69, 9.17) is 0 Å². The number of aliphatic hydroxyl groups is 1. The highest BCUT2D eigenvalue weighted by Gasteiger charge is 2.08. The zero-order valence-electron chi connectivity index (χ0n) is 10.7. The summed E-state index contributed by atoms with van der Waals surface area (Å²) in [6, 6.07) is 12.1. The summed E-state index contributed by atoms with van der Waals surface area (Å²) in [6.07, 6.45) is 5.91. The number of nitrogens with zero attached hydrogens (tertiary/aromatic N) is 1. The predicted octanol–water partition coefficient (Wildman–Crippen LogP) is 3.31. The third-order valence-corrected chi connectivity index (χ3v) is 3.05. The van der Waals surface area contributed by atoms with E-state index >= 15 is 0 Å². The van der Waals surface area contributed by atoms with E-state index < -0.39 is 6.10 Å². The van der Waals surface area contributed by atoms with Crippen molar-refractivity contribution in [2.45, 2.75) is 32.3 Å². The quantitative estimate of drug-likeness (QED) is 0.871. The van der Waals surface area contributed by atoms with Gasteiger partial charge >= 0.3 is 0 Å². The van der Waals surface area contributed by atoms with Crippen LogP contribution in [0.2, 0.25) is 0 Å². The molecule has 0 bridgehead atoms. The number of hydrogen-bond acceptors (Lipinski definition) is 2. The van der Waals surface area contributed by atoms with E-state index in [1.54, 1.807) is 12.4 Å². The summed E-state index contributed by atoms with van der Waals surface area (Å²) in [5, 5.41) is 10.2. The molecule has 1 unspecified atom stereocenters. The fourth-order valence-corrected chi connectivity index (χ4v) is 2.10. The van der Waals surface area contributed by atoms with Crippen molar-refractivity contribution >= 4 is 0 Å². The molecule has 94 valence electrons. The Balaban J connectivity index is 2.08. The minimum atomic E-state index is -0.441.